The van der Waals surface area contributed by atoms with Crippen molar-refractivity contribution >= 4 is 0 Å². The molecule has 0 aliphatic carbocycles. The molecule has 1 nitrogen and oxygen atoms in total. The Labute approximate surface area is 95.0 Å². The molecule has 94 valence electrons. The van der Waals surface area contributed by atoms with Gasteiger partial charge in [-0.1, -0.05) is 26.3 Å². The first-order chi connectivity index (χ1) is 7.49. The van der Waals surface area contributed by atoms with Crippen LogP contribution in [0.1, 0.15) is 39.5 Å². The van der Waals surface area contributed by atoms with Gasteiger partial charge >= 0.3 is 6.18 Å². The van der Waals surface area contributed by atoms with E-state index in [9.17, 15) is 13.2 Å². The Balaban J connectivity index is 4.10. The zero-order chi connectivity index (χ0) is 12.4. The Bertz CT molecular complexity index is 219. The van der Waals surface area contributed by atoms with Crippen LogP contribution >= 0.6 is 0 Å². The highest BCUT2D eigenvalue weighted by atomic mass is 19.4. The second-order valence-corrected chi connectivity index (χ2v) is 3.50. The zero-order valence-electron chi connectivity index (χ0n) is 9.76. The summed E-state index contributed by atoms with van der Waals surface area (Å²) in [5, 5.41) is 0. The van der Waals surface area contributed by atoms with E-state index in [-0.39, 0.29) is 12.2 Å². The molecule has 0 bridgehead atoms. The highest BCUT2D eigenvalue weighted by Crippen LogP contribution is 2.17. The minimum atomic E-state index is -4.30. The van der Waals surface area contributed by atoms with Crippen LogP contribution in [0.25, 0.3) is 0 Å². The first-order valence-corrected chi connectivity index (χ1v) is 5.56. The predicted molar refractivity (Wildman–Crippen MR) is 59.0 cm³/mol. The van der Waals surface area contributed by atoms with E-state index in [1.165, 1.54) is 0 Å². The summed E-state index contributed by atoms with van der Waals surface area (Å²) in [5.74, 6) is 0. The van der Waals surface area contributed by atoms with Crippen molar-refractivity contribution in [1.29, 1.82) is 0 Å². The Kier molecular flexibility index (Phi) is 7.77. The van der Waals surface area contributed by atoms with Gasteiger partial charge in [-0.05, 0) is 25.3 Å². The standard InChI is InChI=1S/C12H19F3O/c1-3-5-7-11(8-6-4-2)16-10-9-12(13,14)15/h5,7,9-11H,3-4,6,8H2,1-2H3/b7-5+,10-9+. The molecule has 0 saturated carbocycles. The second-order valence-electron chi connectivity index (χ2n) is 3.50. The molecule has 16 heavy (non-hydrogen) atoms. The maximum Gasteiger partial charge on any atom is 0.412 e. The van der Waals surface area contributed by atoms with Gasteiger partial charge in [-0.2, -0.15) is 13.2 Å². The van der Waals surface area contributed by atoms with Crippen molar-refractivity contribution in [2.75, 3.05) is 0 Å². The summed E-state index contributed by atoms with van der Waals surface area (Å²) >= 11 is 0. The van der Waals surface area contributed by atoms with Crippen LogP contribution in [0.3, 0.4) is 0 Å². The molecule has 1 atom stereocenters. The Morgan fingerprint density at radius 2 is 1.94 bits per heavy atom. The van der Waals surface area contributed by atoms with Gasteiger partial charge in [0.2, 0.25) is 0 Å². The lowest BCUT2D eigenvalue weighted by molar-refractivity contribution is -0.0819. The van der Waals surface area contributed by atoms with E-state index in [0.717, 1.165) is 31.9 Å². The largest absolute Gasteiger partial charge is 0.494 e. The number of hydrogen-bond acceptors (Lipinski definition) is 1. The fraction of sp³-hybridized carbons (Fsp3) is 0.667. The van der Waals surface area contributed by atoms with Gasteiger partial charge in [0, 0.05) is 0 Å². The second kappa shape index (κ2) is 8.25. The van der Waals surface area contributed by atoms with E-state index >= 15 is 0 Å². The SMILES string of the molecule is CC/C=C/C(CCCC)O/C=C/C(F)(F)F. The van der Waals surface area contributed by atoms with Crippen molar-refractivity contribution in [3.8, 4) is 0 Å². The molecule has 1 unspecified atom stereocenters. The van der Waals surface area contributed by atoms with E-state index in [1.54, 1.807) is 0 Å². The van der Waals surface area contributed by atoms with Crippen molar-refractivity contribution in [2.24, 2.45) is 0 Å². The Morgan fingerprint density at radius 3 is 2.44 bits per heavy atom. The Morgan fingerprint density at radius 1 is 1.25 bits per heavy atom. The van der Waals surface area contributed by atoms with E-state index in [2.05, 4.69) is 0 Å². The molecule has 0 radical (unpaired) electrons. The fourth-order valence-electron chi connectivity index (χ4n) is 1.12. The molecule has 0 amide bonds. The molecule has 0 N–H and O–H groups in total. The molecule has 0 fully saturated rings. The lowest BCUT2D eigenvalue weighted by Crippen LogP contribution is -2.07. The molecule has 0 heterocycles. The first-order valence-electron chi connectivity index (χ1n) is 5.56. The third kappa shape index (κ3) is 9.62. The maximum absolute atomic E-state index is 11.8. The number of rotatable bonds is 7. The third-order valence-electron chi connectivity index (χ3n) is 1.94. The number of ether oxygens (including phenoxy) is 1. The highest BCUT2D eigenvalue weighted by molar-refractivity contribution is 4.91. The van der Waals surface area contributed by atoms with Crippen LogP contribution in [0.5, 0.6) is 0 Å². The molecule has 0 aromatic carbocycles. The summed E-state index contributed by atoms with van der Waals surface area (Å²) in [6, 6.07) is 0. The molecule has 0 aliphatic rings. The number of halogens is 3. The lowest BCUT2D eigenvalue weighted by Gasteiger charge is -2.12. The van der Waals surface area contributed by atoms with Crippen LogP contribution in [0.4, 0.5) is 13.2 Å². The van der Waals surface area contributed by atoms with Crippen LogP contribution in [0.2, 0.25) is 0 Å². The Hall–Kier alpha value is -0.930. The highest BCUT2D eigenvalue weighted by Gasteiger charge is 2.22. The van der Waals surface area contributed by atoms with Crippen LogP contribution in [0.15, 0.2) is 24.5 Å². The molecule has 4 heteroatoms. The summed E-state index contributed by atoms with van der Waals surface area (Å²) in [4.78, 5) is 0. The monoisotopic (exact) mass is 236 g/mol. The summed E-state index contributed by atoms with van der Waals surface area (Å²) < 4.78 is 40.5. The quantitative estimate of drug-likeness (QED) is 0.463. The van der Waals surface area contributed by atoms with Gasteiger partial charge in [0.1, 0.15) is 6.10 Å². The summed E-state index contributed by atoms with van der Waals surface area (Å²) in [6.45, 7) is 4.01. The number of alkyl halides is 3. The molecule has 0 rings (SSSR count). The minimum Gasteiger partial charge on any atom is -0.494 e. The minimum absolute atomic E-state index is 0.117. The zero-order valence-corrected chi connectivity index (χ0v) is 9.76. The summed E-state index contributed by atoms with van der Waals surface area (Å²) in [7, 11) is 0. The van der Waals surface area contributed by atoms with Crippen molar-refractivity contribution in [3.05, 3.63) is 24.5 Å². The molecule has 0 saturated heterocycles. The van der Waals surface area contributed by atoms with Gasteiger partial charge in [0.25, 0.3) is 0 Å². The van der Waals surface area contributed by atoms with Gasteiger partial charge < -0.3 is 4.74 Å². The average molecular weight is 236 g/mol. The van der Waals surface area contributed by atoms with Gasteiger partial charge in [0.15, 0.2) is 0 Å². The topological polar surface area (TPSA) is 9.23 Å². The first kappa shape index (κ1) is 15.1. The summed E-state index contributed by atoms with van der Waals surface area (Å²) in [5.41, 5.74) is 0. The summed E-state index contributed by atoms with van der Waals surface area (Å²) in [6.07, 6.45) is 3.57. The van der Waals surface area contributed by atoms with E-state index < -0.39 is 6.18 Å². The maximum atomic E-state index is 11.8. The van der Waals surface area contributed by atoms with E-state index in [0.29, 0.717) is 0 Å². The third-order valence-corrected chi connectivity index (χ3v) is 1.94. The van der Waals surface area contributed by atoms with Crippen molar-refractivity contribution < 1.29 is 17.9 Å². The lowest BCUT2D eigenvalue weighted by atomic mass is 10.1. The van der Waals surface area contributed by atoms with Crippen molar-refractivity contribution in [3.63, 3.8) is 0 Å². The van der Waals surface area contributed by atoms with Crippen molar-refractivity contribution in [2.45, 2.75) is 51.8 Å². The van der Waals surface area contributed by atoms with Crippen LogP contribution in [0, 0.1) is 0 Å². The van der Waals surface area contributed by atoms with E-state index in [4.69, 9.17) is 4.74 Å². The van der Waals surface area contributed by atoms with Crippen molar-refractivity contribution in [1.82, 2.24) is 0 Å². The van der Waals surface area contributed by atoms with Gasteiger partial charge in [0.05, 0.1) is 12.3 Å². The van der Waals surface area contributed by atoms with Crippen LogP contribution in [-0.4, -0.2) is 12.3 Å². The average Bonchev–Trinajstić information content (AvgIpc) is 2.19. The molecular formula is C12H19F3O. The van der Waals surface area contributed by atoms with Crippen LogP contribution in [-0.2, 0) is 4.74 Å². The fourth-order valence-corrected chi connectivity index (χ4v) is 1.12. The van der Waals surface area contributed by atoms with Crippen LogP contribution < -0.4 is 0 Å². The number of allylic oxidation sites excluding steroid dienone is 2. The number of unbranched alkanes of at least 4 members (excludes halogenated alkanes) is 1. The molecular weight excluding hydrogens is 217 g/mol. The predicted octanol–water partition coefficient (Wildman–Crippen LogP) is 4.60. The van der Waals surface area contributed by atoms with Gasteiger partial charge in [-0.15, -0.1) is 0 Å². The molecule has 0 aromatic heterocycles. The smallest absolute Gasteiger partial charge is 0.412 e. The van der Waals surface area contributed by atoms with Gasteiger partial charge in [-0.3, -0.25) is 0 Å². The molecule has 0 aliphatic heterocycles. The molecule has 0 spiro atoms. The van der Waals surface area contributed by atoms with E-state index in [1.807, 2.05) is 26.0 Å². The van der Waals surface area contributed by atoms with Gasteiger partial charge in [-0.25, -0.2) is 0 Å². The normalized spacial score (nSPS) is 14.8. The number of hydrogen-bond donors (Lipinski definition) is 0. The molecule has 0 aromatic rings.